The third kappa shape index (κ3) is 6.42. The summed E-state index contributed by atoms with van der Waals surface area (Å²) in [7, 11) is 1.61. The van der Waals surface area contributed by atoms with E-state index < -0.39 is 5.82 Å². The highest BCUT2D eigenvalue weighted by molar-refractivity contribution is 6.01. The number of aromatic nitrogens is 1. The maximum absolute atomic E-state index is 14.3. The van der Waals surface area contributed by atoms with E-state index in [1.54, 1.807) is 55.8 Å². The molecule has 0 unspecified atom stereocenters. The second-order valence-electron chi connectivity index (χ2n) is 6.17. The molecule has 1 amide bonds. The van der Waals surface area contributed by atoms with E-state index in [1.807, 2.05) is 0 Å². The smallest absolute Gasteiger partial charge is 0.248 e. The molecule has 1 aromatic heterocycles. The molecule has 0 aliphatic heterocycles. The molecule has 1 heterocycles. The van der Waals surface area contributed by atoms with Gasteiger partial charge in [0.1, 0.15) is 18.1 Å². The Hall–Kier alpha value is -3.71. The summed E-state index contributed by atoms with van der Waals surface area (Å²) in [5.41, 5.74) is 1.15. The summed E-state index contributed by atoms with van der Waals surface area (Å²) in [6, 6.07) is 14.8. The Morgan fingerprint density at radius 3 is 2.63 bits per heavy atom. The highest BCUT2D eigenvalue weighted by Crippen LogP contribution is 2.25. The predicted molar refractivity (Wildman–Crippen MR) is 112 cm³/mol. The monoisotopic (exact) mass is 408 g/mol. The minimum Gasteiger partial charge on any atom is -0.491 e. The van der Waals surface area contributed by atoms with Crippen LogP contribution in [0.1, 0.15) is 5.56 Å². The highest BCUT2D eigenvalue weighted by Gasteiger charge is 2.06. The molecular formula is C23H21FN2O4. The van der Waals surface area contributed by atoms with Gasteiger partial charge in [0, 0.05) is 25.1 Å². The Labute approximate surface area is 173 Å². The van der Waals surface area contributed by atoms with Crippen molar-refractivity contribution in [3.8, 4) is 17.2 Å². The number of carbonyl (C=O) groups excluding carboxylic acids is 1. The molecule has 154 valence electrons. The summed E-state index contributed by atoms with van der Waals surface area (Å²) in [6.45, 7) is 0.952. The zero-order valence-electron chi connectivity index (χ0n) is 16.4. The zero-order valence-corrected chi connectivity index (χ0v) is 16.4. The molecule has 1 N–H and O–H groups in total. The fourth-order valence-electron chi connectivity index (χ4n) is 2.47. The van der Waals surface area contributed by atoms with Crippen molar-refractivity contribution in [2.24, 2.45) is 0 Å². The third-order valence-electron chi connectivity index (χ3n) is 3.92. The molecule has 0 bridgehead atoms. The Bertz CT molecular complexity index is 992. The number of halogens is 1. The van der Waals surface area contributed by atoms with Crippen LogP contribution in [0.15, 0.2) is 73.1 Å². The molecule has 0 saturated carbocycles. The largest absolute Gasteiger partial charge is 0.491 e. The van der Waals surface area contributed by atoms with Crippen LogP contribution in [0.25, 0.3) is 6.08 Å². The van der Waals surface area contributed by atoms with E-state index in [0.717, 1.165) is 0 Å². The van der Waals surface area contributed by atoms with Crippen LogP contribution >= 0.6 is 0 Å². The van der Waals surface area contributed by atoms with Gasteiger partial charge in [-0.15, -0.1) is 0 Å². The Balaban J connectivity index is 1.55. The molecule has 0 atom stereocenters. The molecule has 2 aromatic carbocycles. The van der Waals surface area contributed by atoms with E-state index in [9.17, 15) is 9.18 Å². The number of hydrogen-bond donors (Lipinski definition) is 1. The lowest BCUT2D eigenvalue weighted by Gasteiger charge is -2.07. The molecule has 3 aromatic rings. The second-order valence-corrected chi connectivity index (χ2v) is 6.17. The standard InChI is InChI=1S/C23H21FN2O4/c1-28-13-14-29-19-8-6-18(7-9-19)26-23(27)11-5-17-4-10-22(21(24)15-17)30-20-3-2-12-25-16-20/h2-12,15-16H,13-14H2,1H3,(H,26,27)/b11-5+. The number of hydrogen-bond acceptors (Lipinski definition) is 5. The highest BCUT2D eigenvalue weighted by atomic mass is 19.1. The molecule has 0 aliphatic rings. The number of amides is 1. The van der Waals surface area contributed by atoms with E-state index >= 15 is 0 Å². The molecule has 0 aliphatic carbocycles. The Kier molecular flexibility index (Phi) is 7.51. The minimum atomic E-state index is -0.537. The van der Waals surface area contributed by atoms with Crippen LogP contribution in [-0.4, -0.2) is 31.2 Å². The van der Waals surface area contributed by atoms with Gasteiger partial charge in [0.05, 0.1) is 12.8 Å². The predicted octanol–water partition coefficient (Wildman–Crippen LogP) is 4.69. The summed E-state index contributed by atoms with van der Waals surface area (Å²) in [5.74, 6) is 0.334. The van der Waals surface area contributed by atoms with Gasteiger partial charge in [-0.3, -0.25) is 9.78 Å². The summed E-state index contributed by atoms with van der Waals surface area (Å²) in [5, 5.41) is 2.73. The topological polar surface area (TPSA) is 69.7 Å². The number of ether oxygens (including phenoxy) is 3. The van der Waals surface area contributed by atoms with Gasteiger partial charge in [-0.05, 0) is 60.2 Å². The first kappa shape index (κ1) is 21.0. The van der Waals surface area contributed by atoms with Crippen molar-refractivity contribution >= 4 is 17.7 Å². The van der Waals surface area contributed by atoms with Crippen molar-refractivity contribution in [1.82, 2.24) is 4.98 Å². The molecule has 0 saturated heterocycles. The molecular weight excluding hydrogens is 387 g/mol. The van der Waals surface area contributed by atoms with Gasteiger partial charge in [0.2, 0.25) is 5.91 Å². The second kappa shape index (κ2) is 10.7. The number of anilines is 1. The van der Waals surface area contributed by atoms with E-state index in [-0.39, 0.29) is 11.7 Å². The van der Waals surface area contributed by atoms with Crippen molar-refractivity contribution in [2.45, 2.75) is 0 Å². The number of pyridine rings is 1. The average molecular weight is 408 g/mol. The van der Waals surface area contributed by atoms with Crippen LogP contribution in [0, 0.1) is 5.82 Å². The van der Waals surface area contributed by atoms with Gasteiger partial charge in [0.15, 0.2) is 11.6 Å². The first-order valence-corrected chi connectivity index (χ1v) is 9.22. The minimum absolute atomic E-state index is 0.0809. The van der Waals surface area contributed by atoms with Gasteiger partial charge in [-0.2, -0.15) is 0 Å². The van der Waals surface area contributed by atoms with Crippen LogP contribution in [-0.2, 0) is 9.53 Å². The Morgan fingerprint density at radius 2 is 1.93 bits per heavy atom. The van der Waals surface area contributed by atoms with Crippen LogP contribution in [0.2, 0.25) is 0 Å². The number of rotatable bonds is 9. The zero-order chi connectivity index (χ0) is 21.2. The van der Waals surface area contributed by atoms with Crippen molar-refractivity contribution < 1.29 is 23.4 Å². The lowest BCUT2D eigenvalue weighted by molar-refractivity contribution is -0.111. The van der Waals surface area contributed by atoms with Crippen molar-refractivity contribution in [1.29, 1.82) is 0 Å². The van der Waals surface area contributed by atoms with E-state index in [2.05, 4.69) is 10.3 Å². The van der Waals surface area contributed by atoms with Crippen LogP contribution in [0.5, 0.6) is 17.2 Å². The van der Waals surface area contributed by atoms with Crippen LogP contribution in [0.4, 0.5) is 10.1 Å². The molecule has 7 heteroatoms. The number of carbonyl (C=O) groups is 1. The van der Waals surface area contributed by atoms with Crippen molar-refractivity contribution in [3.05, 3.63) is 84.4 Å². The Morgan fingerprint density at radius 1 is 1.10 bits per heavy atom. The molecule has 6 nitrogen and oxygen atoms in total. The third-order valence-corrected chi connectivity index (χ3v) is 3.92. The number of methoxy groups -OCH3 is 1. The fraction of sp³-hybridized carbons (Fsp3) is 0.130. The van der Waals surface area contributed by atoms with E-state index in [4.69, 9.17) is 14.2 Å². The number of nitrogens with zero attached hydrogens (tertiary/aromatic N) is 1. The summed E-state index contributed by atoms with van der Waals surface area (Å²) >= 11 is 0. The first-order valence-electron chi connectivity index (χ1n) is 9.22. The SMILES string of the molecule is COCCOc1ccc(NC(=O)/C=C/c2ccc(Oc3cccnc3)c(F)c2)cc1. The van der Waals surface area contributed by atoms with Gasteiger partial charge in [0.25, 0.3) is 0 Å². The quantitative estimate of drug-likeness (QED) is 0.411. The van der Waals surface area contributed by atoms with Gasteiger partial charge in [-0.25, -0.2) is 4.39 Å². The maximum atomic E-state index is 14.3. The lowest BCUT2D eigenvalue weighted by atomic mass is 10.2. The average Bonchev–Trinajstić information content (AvgIpc) is 2.76. The lowest BCUT2D eigenvalue weighted by Crippen LogP contribution is -2.08. The maximum Gasteiger partial charge on any atom is 0.248 e. The molecule has 0 fully saturated rings. The molecule has 30 heavy (non-hydrogen) atoms. The van der Waals surface area contributed by atoms with Gasteiger partial charge >= 0.3 is 0 Å². The summed E-state index contributed by atoms with van der Waals surface area (Å²) in [4.78, 5) is 16.0. The van der Waals surface area contributed by atoms with Crippen molar-refractivity contribution in [2.75, 3.05) is 25.6 Å². The van der Waals surface area contributed by atoms with E-state index in [0.29, 0.717) is 36.0 Å². The fourth-order valence-corrected chi connectivity index (χ4v) is 2.47. The number of nitrogens with one attached hydrogen (secondary N) is 1. The molecule has 0 radical (unpaired) electrons. The summed E-state index contributed by atoms with van der Waals surface area (Å²) in [6.07, 6.45) is 5.96. The van der Waals surface area contributed by atoms with Crippen LogP contribution < -0.4 is 14.8 Å². The summed E-state index contributed by atoms with van der Waals surface area (Å²) < 4.78 is 30.1. The normalized spacial score (nSPS) is 10.7. The van der Waals surface area contributed by atoms with Crippen LogP contribution in [0.3, 0.4) is 0 Å². The molecule has 3 rings (SSSR count). The first-order chi connectivity index (χ1) is 14.6. The van der Waals surface area contributed by atoms with E-state index in [1.165, 1.54) is 30.5 Å². The van der Waals surface area contributed by atoms with Gasteiger partial charge in [-0.1, -0.05) is 6.07 Å². The number of benzene rings is 2. The van der Waals surface area contributed by atoms with Gasteiger partial charge < -0.3 is 19.5 Å². The van der Waals surface area contributed by atoms with Crippen molar-refractivity contribution in [3.63, 3.8) is 0 Å². The molecule has 0 spiro atoms.